The number of carbonyl (C=O) groups is 1. The van der Waals surface area contributed by atoms with Gasteiger partial charge in [0.05, 0.1) is 24.0 Å². The molecule has 2 fully saturated rings. The number of nitrogens with two attached hydrogens (primary N) is 1. The van der Waals surface area contributed by atoms with Crippen molar-refractivity contribution in [2.24, 2.45) is 5.92 Å². The van der Waals surface area contributed by atoms with Crippen LogP contribution >= 0.6 is 0 Å². The van der Waals surface area contributed by atoms with E-state index in [1.807, 2.05) is 18.2 Å². The van der Waals surface area contributed by atoms with Gasteiger partial charge in [-0.25, -0.2) is 19.5 Å². The van der Waals surface area contributed by atoms with E-state index < -0.39 is 0 Å². The predicted octanol–water partition coefficient (Wildman–Crippen LogP) is 1.37. The van der Waals surface area contributed by atoms with Gasteiger partial charge in [0.15, 0.2) is 17.2 Å². The molecule has 5 aromatic rings. The molecule has 4 aromatic heterocycles. The van der Waals surface area contributed by atoms with Gasteiger partial charge in [0.1, 0.15) is 11.6 Å². The number of carbonyl (C=O) groups excluding carboxylic acids is 1. The molecule has 13 nitrogen and oxygen atoms in total. The van der Waals surface area contributed by atoms with Crippen molar-refractivity contribution in [2.45, 2.75) is 6.04 Å². The highest BCUT2D eigenvalue weighted by Crippen LogP contribution is 2.39. The fourth-order valence-corrected chi connectivity index (χ4v) is 5.41. The molecule has 0 spiro atoms. The van der Waals surface area contributed by atoms with E-state index in [1.54, 1.807) is 53.4 Å². The van der Waals surface area contributed by atoms with Crippen LogP contribution in [-0.4, -0.2) is 78.0 Å². The van der Waals surface area contributed by atoms with Crippen molar-refractivity contribution < 1.29 is 9.90 Å². The second kappa shape index (κ2) is 10.3. The Kier molecular flexibility index (Phi) is 6.20. The van der Waals surface area contributed by atoms with Gasteiger partial charge < -0.3 is 26.0 Å². The second-order valence-electron chi connectivity index (χ2n) is 10.1. The monoisotopic (exact) mass is 559 g/mol. The molecule has 0 radical (unpaired) electrons. The number of nitrogens with zero attached hydrogens (tertiary/aromatic N) is 9. The molecule has 2 atom stereocenters. The summed E-state index contributed by atoms with van der Waals surface area (Å²) in [6.45, 7) is 2.55. The highest BCUT2D eigenvalue weighted by Gasteiger charge is 2.46. The van der Waals surface area contributed by atoms with Gasteiger partial charge in [-0.05, 0) is 36.3 Å². The number of hydrogen-bond acceptors (Lipinski definition) is 11. The molecule has 2 aliphatic heterocycles. The van der Waals surface area contributed by atoms with Crippen molar-refractivity contribution in [3.63, 3.8) is 0 Å². The summed E-state index contributed by atoms with van der Waals surface area (Å²) in [4.78, 5) is 30.0. The summed E-state index contributed by atoms with van der Waals surface area (Å²) < 4.78 is 1.54. The molecule has 1 amide bonds. The molecule has 4 N–H and O–H groups in total. The molecule has 1 aromatic carbocycles. The third-order valence-corrected chi connectivity index (χ3v) is 7.50. The van der Waals surface area contributed by atoms with E-state index in [0.717, 1.165) is 31.1 Å². The smallest absolute Gasteiger partial charge is 0.272 e. The van der Waals surface area contributed by atoms with E-state index in [9.17, 15) is 9.90 Å². The molecule has 42 heavy (non-hydrogen) atoms. The van der Waals surface area contributed by atoms with E-state index in [1.165, 1.54) is 0 Å². The minimum absolute atomic E-state index is 0.126. The number of hydrogen-bond donors (Lipinski definition) is 3. The van der Waals surface area contributed by atoms with Gasteiger partial charge in [0.25, 0.3) is 5.91 Å². The van der Waals surface area contributed by atoms with Crippen LogP contribution in [0.25, 0.3) is 16.9 Å². The lowest BCUT2D eigenvalue weighted by molar-refractivity contribution is 0.0953. The predicted molar refractivity (Wildman–Crippen MR) is 155 cm³/mol. The van der Waals surface area contributed by atoms with Crippen molar-refractivity contribution >= 4 is 28.9 Å². The molecule has 2 saturated heterocycles. The fourth-order valence-electron chi connectivity index (χ4n) is 5.41. The van der Waals surface area contributed by atoms with E-state index in [-0.39, 0.29) is 29.9 Å². The molecular weight excluding hydrogens is 534 g/mol. The Morgan fingerprint density at radius 2 is 1.98 bits per heavy atom. The number of aromatic hydroxyl groups is 1. The number of phenolic OH excluding ortho intramolecular Hbond substituents is 1. The number of benzene rings is 1. The zero-order chi connectivity index (χ0) is 28.6. The van der Waals surface area contributed by atoms with Crippen molar-refractivity contribution in [1.29, 1.82) is 0 Å². The van der Waals surface area contributed by atoms with Gasteiger partial charge in [-0.1, -0.05) is 18.1 Å². The lowest BCUT2D eigenvalue weighted by Crippen LogP contribution is -2.56. The number of aromatic nitrogens is 7. The Morgan fingerprint density at radius 1 is 1.07 bits per heavy atom. The number of nitrogen functional groups attached to an aromatic ring is 1. The van der Waals surface area contributed by atoms with E-state index in [0.29, 0.717) is 34.5 Å². The van der Waals surface area contributed by atoms with Crippen LogP contribution in [0.3, 0.4) is 0 Å². The van der Waals surface area contributed by atoms with Gasteiger partial charge in [-0.2, -0.15) is 5.10 Å². The first-order valence-corrected chi connectivity index (χ1v) is 13.4. The Balaban J connectivity index is 0.998. The maximum absolute atomic E-state index is 12.4. The second-order valence-corrected chi connectivity index (χ2v) is 10.1. The molecule has 6 heterocycles. The highest BCUT2D eigenvalue weighted by atomic mass is 16.3. The molecule has 0 aliphatic carbocycles. The maximum atomic E-state index is 12.4. The number of phenols is 1. The summed E-state index contributed by atoms with van der Waals surface area (Å²) in [5.41, 5.74) is 9.07. The van der Waals surface area contributed by atoms with Crippen molar-refractivity contribution in [1.82, 2.24) is 40.1 Å². The van der Waals surface area contributed by atoms with Crippen molar-refractivity contribution in [3.05, 3.63) is 78.6 Å². The molecule has 2 aliphatic rings. The van der Waals surface area contributed by atoms with Gasteiger partial charge in [0, 0.05) is 55.8 Å². The first kappa shape index (κ1) is 25.2. The third kappa shape index (κ3) is 4.64. The van der Waals surface area contributed by atoms with E-state index in [2.05, 4.69) is 57.2 Å². The molecular formula is C29H25N11O2. The van der Waals surface area contributed by atoms with Crippen molar-refractivity contribution in [3.8, 4) is 28.8 Å². The SMILES string of the molecule is Nc1nnc(-c2ccccc2O)cc1N1CC2CN(c3ccnc(C#CCNC(=O)c4cc5ncccn5n4)n3)C2C1. The van der Waals surface area contributed by atoms with Crippen LogP contribution in [0.2, 0.25) is 0 Å². The van der Waals surface area contributed by atoms with Crippen LogP contribution in [0, 0.1) is 17.8 Å². The fraction of sp³-hybridized carbons (Fsp3) is 0.207. The average Bonchev–Trinajstić information content (AvgIpc) is 3.58. The first-order valence-electron chi connectivity index (χ1n) is 13.4. The molecule has 7 rings (SSSR count). The largest absolute Gasteiger partial charge is 0.507 e. The number of para-hydroxylation sites is 1. The highest BCUT2D eigenvalue weighted by molar-refractivity contribution is 5.93. The third-order valence-electron chi connectivity index (χ3n) is 7.50. The molecule has 13 heteroatoms. The van der Waals surface area contributed by atoms with Crippen molar-refractivity contribution in [2.75, 3.05) is 41.7 Å². The van der Waals surface area contributed by atoms with Crippen LogP contribution < -0.4 is 20.9 Å². The lowest BCUT2D eigenvalue weighted by Gasteiger charge is -2.44. The van der Waals surface area contributed by atoms with Crippen LogP contribution in [0.4, 0.5) is 17.3 Å². The van der Waals surface area contributed by atoms with Crippen LogP contribution in [0.1, 0.15) is 16.3 Å². The average molecular weight is 560 g/mol. The number of nitrogens with one attached hydrogen (secondary N) is 1. The Morgan fingerprint density at radius 3 is 2.86 bits per heavy atom. The number of rotatable bonds is 5. The summed E-state index contributed by atoms with van der Waals surface area (Å²) >= 11 is 0. The lowest BCUT2D eigenvalue weighted by atomic mass is 9.92. The van der Waals surface area contributed by atoms with Gasteiger partial charge in [0.2, 0.25) is 5.82 Å². The van der Waals surface area contributed by atoms with Gasteiger partial charge in [-0.15, -0.1) is 10.2 Å². The zero-order valence-corrected chi connectivity index (χ0v) is 22.3. The summed E-state index contributed by atoms with van der Waals surface area (Å²) in [7, 11) is 0. The van der Waals surface area contributed by atoms with Gasteiger partial charge >= 0.3 is 0 Å². The Bertz CT molecular complexity index is 1850. The summed E-state index contributed by atoms with van der Waals surface area (Å²) in [6.07, 6.45) is 5.06. The molecule has 2 unspecified atom stereocenters. The Hall–Kier alpha value is -5.77. The summed E-state index contributed by atoms with van der Waals surface area (Å²) in [5, 5.41) is 25.6. The topological polar surface area (TPSA) is 164 Å². The van der Waals surface area contributed by atoms with E-state index in [4.69, 9.17) is 5.73 Å². The number of anilines is 3. The van der Waals surface area contributed by atoms with Crippen LogP contribution in [0.15, 0.2) is 67.1 Å². The van der Waals surface area contributed by atoms with Crippen LogP contribution in [0.5, 0.6) is 5.75 Å². The van der Waals surface area contributed by atoms with Crippen LogP contribution in [-0.2, 0) is 0 Å². The molecule has 0 saturated carbocycles. The summed E-state index contributed by atoms with van der Waals surface area (Å²) in [6, 6.07) is 14.4. The minimum atomic E-state index is -0.334. The first-order chi connectivity index (χ1) is 20.5. The Labute approximate surface area is 240 Å². The van der Waals surface area contributed by atoms with Gasteiger partial charge in [-0.3, -0.25) is 4.79 Å². The maximum Gasteiger partial charge on any atom is 0.272 e. The molecule has 0 bridgehead atoms. The standard InChI is InChI=1S/C29H25N11O2/c30-28-22(13-20(35-36-28)19-5-1-2-6-24(19)41)38-15-18-16-39(23(18)17-38)26-8-11-31-25(34-26)7-3-9-33-29(42)21-14-27-32-10-4-12-40(27)37-21/h1-2,4-6,8,10-14,18,23,41H,9,15-17H2,(H2,30,36)(H,33,42). The number of amides is 1. The molecule has 208 valence electrons. The quantitative estimate of drug-likeness (QED) is 0.267. The normalized spacial score (nSPS) is 17.3. The van der Waals surface area contributed by atoms with E-state index >= 15 is 0 Å². The number of fused-ring (bicyclic) bond motifs is 2. The minimum Gasteiger partial charge on any atom is -0.507 e. The summed E-state index contributed by atoms with van der Waals surface area (Å²) in [5.74, 6) is 7.64. The zero-order valence-electron chi connectivity index (χ0n) is 22.3.